The topological polar surface area (TPSA) is 58.8 Å². The van der Waals surface area contributed by atoms with Gasteiger partial charge in [-0.05, 0) is 63.5 Å². The molecule has 3 aliphatic heterocycles. The van der Waals surface area contributed by atoms with E-state index >= 15 is 0 Å². The Labute approximate surface area is 171 Å². The van der Waals surface area contributed by atoms with Gasteiger partial charge in [-0.3, -0.25) is 4.79 Å². The van der Waals surface area contributed by atoms with Gasteiger partial charge in [0.1, 0.15) is 0 Å². The largest absolute Gasteiger partial charge is 0.381 e. The molecule has 3 heterocycles. The molecule has 154 valence electrons. The van der Waals surface area contributed by atoms with Crippen molar-refractivity contribution in [1.82, 2.24) is 9.80 Å². The van der Waals surface area contributed by atoms with Gasteiger partial charge in [0.05, 0.1) is 6.04 Å². The molecule has 0 saturated carbocycles. The first kappa shape index (κ1) is 24.0. The summed E-state index contributed by atoms with van der Waals surface area (Å²) in [4.78, 5) is 17.5. The van der Waals surface area contributed by atoms with Crippen LogP contribution in [0.15, 0.2) is 0 Å². The third-order valence-electron chi connectivity index (χ3n) is 6.10. The van der Waals surface area contributed by atoms with Crippen LogP contribution in [0.25, 0.3) is 0 Å². The Balaban J connectivity index is 0.00000169. The Hall–Kier alpha value is -0.0700. The minimum Gasteiger partial charge on any atom is -0.381 e. The first-order chi connectivity index (χ1) is 11.7. The van der Waals surface area contributed by atoms with Crippen molar-refractivity contribution in [3.63, 3.8) is 0 Å². The van der Waals surface area contributed by atoms with Crippen molar-refractivity contribution in [1.29, 1.82) is 0 Å². The minimum absolute atomic E-state index is 0. The van der Waals surface area contributed by atoms with Crippen LogP contribution in [0, 0.1) is 11.8 Å². The number of hydrogen-bond acceptors (Lipinski definition) is 4. The van der Waals surface area contributed by atoms with Gasteiger partial charge in [0, 0.05) is 32.8 Å². The van der Waals surface area contributed by atoms with Crippen LogP contribution in [0.4, 0.5) is 0 Å². The standard InChI is InChI=1S/C19H35N3O2.2ClH/c20-18(17-7-12-24-13-8-17)19(23)22-11-5-6-16(15-22)14-21-9-3-1-2-4-10-21;;/h16-18H,1-15,20H2;2*1H. The van der Waals surface area contributed by atoms with Crippen molar-refractivity contribution in [2.24, 2.45) is 17.6 Å². The zero-order valence-electron chi connectivity index (χ0n) is 15.9. The lowest BCUT2D eigenvalue weighted by molar-refractivity contribution is -0.136. The number of nitrogens with two attached hydrogens (primary N) is 1. The molecule has 2 atom stereocenters. The number of halogens is 2. The summed E-state index contributed by atoms with van der Waals surface area (Å²) in [5.41, 5.74) is 6.32. The third-order valence-corrected chi connectivity index (χ3v) is 6.10. The van der Waals surface area contributed by atoms with Gasteiger partial charge in [-0.1, -0.05) is 12.8 Å². The van der Waals surface area contributed by atoms with E-state index in [0.717, 1.165) is 52.1 Å². The number of nitrogens with zero attached hydrogens (tertiary/aromatic N) is 2. The highest BCUT2D eigenvalue weighted by atomic mass is 35.5. The van der Waals surface area contributed by atoms with E-state index in [2.05, 4.69) is 9.80 Å². The predicted octanol–water partition coefficient (Wildman–Crippen LogP) is 2.70. The van der Waals surface area contributed by atoms with Crippen LogP contribution in [-0.2, 0) is 9.53 Å². The number of carbonyl (C=O) groups excluding carboxylic acids is 1. The molecular weight excluding hydrogens is 373 g/mol. The van der Waals surface area contributed by atoms with Gasteiger partial charge < -0.3 is 20.3 Å². The summed E-state index contributed by atoms with van der Waals surface area (Å²) in [7, 11) is 0. The first-order valence-electron chi connectivity index (χ1n) is 10.1. The highest BCUT2D eigenvalue weighted by Gasteiger charge is 2.32. The molecule has 26 heavy (non-hydrogen) atoms. The smallest absolute Gasteiger partial charge is 0.239 e. The van der Waals surface area contributed by atoms with Crippen molar-refractivity contribution >= 4 is 30.7 Å². The van der Waals surface area contributed by atoms with E-state index in [1.165, 1.54) is 45.2 Å². The lowest BCUT2D eigenvalue weighted by atomic mass is 9.90. The lowest BCUT2D eigenvalue weighted by Gasteiger charge is -2.38. The van der Waals surface area contributed by atoms with Crippen molar-refractivity contribution in [2.45, 2.75) is 57.4 Å². The maximum absolute atomic E-state index is 12.8. The first-order valence-corrected chi connectivity index (χ1v) is 10.1. The van der Waals surface area contributed by atoms with Crippen LogP contribution in [-0.4, -0.2) is 67.7 Å². The van der Waals surface area contributed by atoms with Gasteiger partial charge in [-0.15, -0.1) is 24.8 Å². The van der Waals surface area contributed by atoms with Crippen LogP contribution in [0.5, 0.6) is 0 Å². The van der Waals surface area contributed by atoms with Crippen LogP contribution in [0.3, 0.4) is 0 Å². The molecule has 3 rings (SSSR count). The van der Waals surface area contributed by atoms with Crippen molar-refractivity contribution in [2.75, 3.05) is 45.9 Å². The average molecular weight is 410 g/mol. The van der Waals surface area contributed by atoms with Crippen molar-refractivity contribution < 1.29 is 9.53 Å². The molecule has 3 fully saturated rings. The molecule has 0 aromatic carbocycles. The third kappa shape index (κ3) is 6.83. The maximum Gasteiger partial charge on any atom is 0.239 e. The van der Waals surface area contributed by atoms with Gasteiger partial charge in [-0.25, -0.2) is 0 Å². The lowest BCUT2D eigenvalue weighted by Crippen LogP contribution is -2.52. The fourth-order valence-electron chi connectivity index (χ4n) is 4.59. The normalized spacial score (nSPS) is 27.0. The summed E-state index contributed by atoms with van der Waals surface area (Å²) in [6.45, 7) is 6.96. The van der Waals surface area contributed by atoms with Crippen LogP contribution in [0.2, 0.25) is 0 Å². The van der Waals surface area contributed by atoms with E-state index in [9.17, 15) is 4.79 Å². The Morgan fingerprint density at radius 3 is 2.27 bits per heavy atom. The molecule has 0 spiro atoms. The zero-order valence-corrected chi connectivity index (χ0v) is 17.6. The molecule has 1 amide bonds. The molecule has 0 aliphatic carbocycles. The summed E-state index contributed by atoms with van der Waals surface area (Å²) in [5, 5.41) is 0. The number of amides is 1. The molecule has 3 saturated heterocycles. The van der Waals surface area contributed by atoms with E-state index in [4.69, 9.17) is 10.5 Å². The number of piperidine rings is 1. The second-order valence-electron chi connectivity index (χ2n) is 7.98. The molecule has 5 nitrogen and oxygen atoms in total. The van der Waals surface area contributed by atoms with Gasteiger partial charge in [0.25, 0.3) is 0 Å². The van der Waals surface area contributed by atoms with Crippen LogP contribution in [0.1, 0.15) is 51.4 Å². The fourth-order valence-corrected chi connectivity index (χ4v) is 4.59. The van der Waals surface area contributed by atoms with Crippen molar-refractivity contribution in [3.8, 4) is 0 Å². The summed E-state index contributed by atoms with van der Waals surface area (Å²) in [5.74, 6) is 1.11. The molecule has 0 aromatic heterocycles. The molecule has 2 N–H and O–H groups in total. The van der Waals surface area contributed by atoms with E-state index in [1.807, 2.05) is 0 Å². The minimum atomic E-state index is -0.328. The molecule has 2 unspecified atom stereocenters. The fraction of sp³-hybridized carbons (Fsp3) is 0.947. The molecule has 0 bridgehead atoms. The second-order valence-corrected chi connectivity index (χ2v) is 7.98. The summed E-state index contributed by atoms with van der Waals surface area (Å²) >= 11 is 0. The Morgan fingerprint density at radius 2 is 1.62 bits per heavy atom. The van der Waals surface area contributed by atoms with E-state index in [1.54, 1.807) is 0 Å². The zero-order chi connectivity index (χ0) is 16.8. The number of likely N-dealkylation sites (tertiary alicyclic amines) is 2. The SMILES string of the molecule is Cl.Cl.NC(C(=O)N1CCCC(CN2CCCCCC2)C1)C1CCOCC1. The molecule has 3 aliphatic rings. The number of carbonyl (C=O) groups is 1. The van der Waals surface area contributed by atoms with Gasteiger partial charge in [0.15, 0.2) is 0 Å². The van der Waals surface area contributed by atoms with Crippen LogP contribution >= 0.6 is 24.8 Å². The van der Waals surface area contributed by atoms with Gasteiger partial charge in [0.2, 0.25) is 5.91 Å². The van der Waals surface area contributed by atoms with Crippen LogP contribution < -0.4 is 5.73 Å². The summed E-state index contributed by atoms with van der Waals surface area (Å²) in [6.07, 6.45) is 9.68. The Bertz CT molecular complexity index is 400. The molecule has 0 radical (unpaired) electrons. The number of ether oxygens (including phenoxy) is 1. The molecular formula is C19H37Cl2N3O2. The van der Waals surface area contributed by atoms with E-state index < -0.39 is 0 Å². The Morgan fingerprint density at radius 1 is 0.962 bits per heavy atom. The quantitative estimate of drug-likeness (QED) is 0.774. The van der Waals surface area contributed by atoms with Gasteiger partial charge >= 0.3 is 0 Å². The second kappa shape index (κ2) is 12.4. The highest BCUT2D eigenvalue weighted by Crippen LogP contribution is 2.23. The molecule has 7 heteroatoms. The van der Waals surface area contributed by atoms with Gasteiger partial charge in [-0.2, -0.15) is 0 Å². The van der Waals surface area contributed by atoms with E-state index in [0.29, 0.717) is 11.8 Å². The monoisotopic (exact) mass is 409 g/mol. The average Bonchev–Trinajstić information content (AvgIpc) is 2.90. The van der Waals surface area contributed by atoms with Crippen molar-refractivity contribution in [3.05, 3.63) is 0 Å². The number of hydrogen-bond donors (Lipinski definition) is 1. The summed E-state index contributed by atoms with van der Waals surface area (Å²) in [6, 6.07) is -0.328. The Kier molecular flexibility index (Phi) is 11.4. The predicted molar refractivity (Wildman–Crippen MR) is 110 cm³/mol. The summed E-state index contributed by atoms with van der Waals surface area (Å²) < 4.78 is 5.40. The van der Waals surface area contributed by atoms with E-state index in [-0.39, 0.29) is 36.8 Å². The maximum atomic E-state index is 12.8. The highest BCUT2D eigenvalue weighted by molar-refractivity contribution is 5.85. The molecule has 0 aromatic rings. The number of rotatable bonds is 4.